The maximum absolute atomic E-state index is 12.2. The molecule has 0 radical (unpaired) electrons. The van der Waals surface area contributed by atoms with Crippen LogP contribution in [0.2, 0.25) is 19.6 Å². The normalized spacial score (nSPS) is 20.5. The van der Waals surface area contributed by atoms with E-state index in [0.717, 1.165) is 5.57 Å². The molecule has 4 heteroatoms. The van der Waals surface area contributed by atoms with Gasteiger partial charge in [-0.3, -0.25) is 4.79 Å². The third kappa shape index (κ3) is 3.62. The number of amides is 1. The molecule has 0 bridgehead atoms. The van der Waals surface area contributed by atoms with Crippen molar-refractivity contribution < 1.29 is 4.79 Å². The molecular weight excluding hydrogens is 258 g/mol. The summed E-state index contributed by atoms with van der Waals surface area (Å²) in [5.74, 6) is 0.0334. The predicted molar refractivity (Wildman–Crippen MR) is 84.4 cm³/mol. The van der Waals surface area contributed by atoms with Crippen molar-refractivity contribution in [3.05, 3.63) is 34.4 Å². The van der Waals surface area contributed by atoms with Gasteiger partial charge in [0.05, 0.1) is 8.07 Å². The van der Waals surface area contributed by atoms with E-state index in [1.807, 2.05) is 11.8 Å². The fourth-order valence-corrected chi connectivity index (χ4v) is 5.58. The lowest BCUT2D eigenvalue weighted by Gasteiger charge is -2.30. The van der Waals surface area contributed by atoms with Crippen molar-refractivity contribution in [3.63, 3.8) is 0 Å². The summed E-state index contributed by atoms with van der Waals surface area (Å²) in [4.78, 5) is 12.2. The Morgan fingerprint density at radius 2 is 2.17 bits per heavy atom. The molecule has 0 aromatic carbocycles. The van der Waals surface area contributed by atoms with Crippen LogP contribution in [0.3, 0.4) is 0 Å². The first kappa shape index (κ1) is 15.3. The van der Waals surface area contributed by atoms with E-state index < -0.39 is 8.07 Å². The van der Waals surface area contributed by atoms with E-state index in [1.54, 1.807) is 6.08 Å². The summed E-state index contributed by atoms with van der Waals surface area (Å²) in [6.07, 6.45) is 3.77. The lowest BCUT2D eigenvalue weighted by molar-refractivity contribution is -0.117. The van der Waals surface area contributed by atoms with Gasteiger partial charge in [0.25, 0.3) is 5.91 Å². The Labute approximate surface area is 116 Å². The Kier molecular flexibility index (Phi) is 5.05. The van der Waals surface area contributed by atoms with Crippen molar-refractivity contribution in [1.29, 1.82) is 0 Å². The lowest BCUT2D eigenvalue weighted by Crippen LogP contribution is -2.33. The largest absolute Gasteiger partial charge is 0.349 e. The quantitative estimate of drug-likeness (QED) is 0.631. The van der Waals surface area contributed by atoms with E-state index >= 15 is 0 Å². The molecule has 0 fully saturated rings. The van der Waals surface area contributed by atoms with Crippen molar-refractivity contribution >= 4 is 25.7 Å². The van der Waals surface area contributed by atoms with Gasteiger partial charge >= 0.3 is 0 Å². The molecular formula is C14H23NOSSi. The molecule has 1 rings (SSSR count). The standard InChI is InChI=1S/C14H23NOSSi/c1-7-8-15-13(16)12-9-10(2)11(3)17-14(12)18(4,5)6/h7,9,11H,1,8H2,2-6H3,(H,15,16). The maximum Gasteiger partial charge on any atom is 0.251 e. The summed E-state index contributed by atoms with van der Waals surface area (Å²) in [6, 6.07) is 0. The van der Waals surface area contributed by atoms with E-state index in [0.29, 0.717) is 11.8 Å². The fraction of sp³-hybridized carbons (Fsp3) is 0.500. The van der Waals surface area contributed by atoms with Crippen molar-refractivity contribution in [3.8, 4) is 0 Å². The van der Waals surface area contributed by atoms with Crippen LogP contribution in [-0.4, -0.2) is 25.8 Å². The highest BCUT2D eigenvalue weighted by atomic mass is 32.2. The number of nitrogens with one attached hydrogen (secondary N) is 1. The molecule has 1 N–H and O–H groups in total. The molecule has 0 saturated heterocycles. The van der Waals surface area contributed by atoms with Crippen LogP contribution in [0, 0.1) is 0 Å². The number of carbonyl (C=O) groups excluding carboxylic acids is 1. The highest BCUT2D eigenvalue weighted by Gasteiger charge is 2.30. The molecule has 1 aliphatic rings. The second-order valence-corrected chi connectivity index (χ2v) is 12.4. The SMILES string of the molecule is C=CCNC(=O)C1=C([Si](C)(C)C)SC(C)C(C)=C1. The number of hydrogen-bond acceptors (Lipinski definition) is 2. The average molecular weight is 281 g/mol. The summed E-state index contributed by atoms with van der Waals surface area (Å²) >= 11 is 1.86. The number of carbonyl (C=O) groups is 1. The van der Waals surface area contributed by atoms with E-state index in [9.17, 15) is 4.79 Å². The van der Waals surface area contributed by atoms with Crippen LogP contribution in [0.1, 0.15) is 13.8 Å². The molecule has 0 spiro atoms. The van der Waals surface area contributed by atoms with Crippen molar-refractivity contribution in [2.45, 2.75) is 38.7 Å². The first-order valence-electron chi connectivity index (χ1n) is 6.26. The third-order valence-electron chi connectivity index (χ3n) is 2.89. The highest BCUT2D eigenvalue weighted by molar-refractivity contribution is 8.06. The minimum Gasteiger partial charge on any atom is -0.349 e. The molecule has 1 aliphatic heterocycles. The predicted octanol–water partition coefficient (Wildman–Crippen LogP) is 3.50. The number of hydrogen-bond donors (Lipinski definition) is 1. The van der Waals surface area contributed by atoms with Crippen LogP contribution in [0.5, 0.6) is 0 Å². The minimum absolute atomic E-state index is 0.0334. The Morgan fingerprint density at radius 3 is 2.67 bits per heavy atom. The van der Waals surface area contributed by atoms with Gasteiger partial charge < -0.3 is 5.32 Å². The summed E-state index contributed by atoms with van der Waals surface area (Å²) in [5.41, 5.74) is 2.14. The van der Waals surface area contributed by atoms with Gasteiger partial charge in [-0.15, -0.1) is 18.3 Å². The lowest BCUT2D eigenvalue weighted by atomic mass is 10.1. The Bertz CT molecular complexity index is 418. The minimum atomic E-state index is -1.48. The Balaban J connectivity index is 3.14. The van der Waals surface area contributed by atoms with Crippen LogP contribution in [0.15, 0.2) is 34.4 Å². The van der Waals surface area contributed by atoms with E-state index in [1.165, 1.54) is 10.1 Å². The van der Waals surface area contributed by atoms with Crippen LogP contribution >= 0.6 is 11.8 Å². The molecule has 0 aromatic heterocycles. The highest BCUT2D eigenvalue weighted by Crippen LogP contribution is 2.40. The van der Waals surface area contributed by atoms with Gasteiger partial charge in [0.2, 0.25) is 0 Å². The van der Waals surface area contributed by atoms with Gasteiger partial charge in [-0.05, 0) is 24.5 Å². The van der Waals surface area contributed by atoms with E-state index in [2.05, 4.69) is 51.5 Å². The number of rotatable bonds is 4. The van der Waals surface area contributed by atoms with Gasteiger partial charge in [0, 0.05) is 17.4 Å². The summed E-state index contributed by atoms with van der Waals surface area (Å²) in [7, 11) is -1.48. The third-order valence-corrected chi connectivity index (χ3v) is 7.89. The smallest absolute Gasteiger partial charge is 0.251 e. The maximum atomic E-state index is 12.2. The second-order valence-electron chi connectivity index (χ2n) is 5.64. The van der Waals surface area contributed by atoms with Crippen LogP contribution in [0.4, 0.5) is 0 Å². The van der Waals surface area contributed by atoms with Gasteiger partial charge in [-0.25, -0.2) is 0 Å². The zero-order valence-corrected chi connectivity index (χ0v) is 13.8. The van der Waals surface area contributed by atoms with E-state index in [4.69, 9.17) is 0 Å². The van der Waals surface area contributed by atoms with Crippen molar-refractivity contribution in [2.24, 2.45) is 0 Å². The van der Waals surface area contributed by atoms with Crippen LogP contribution in [-0.2, 0) is 4.79 Å². The molecule has 0 aliphatic carbocycles. The molecule has 18 heavy (non-hydrogen) atoms. The van der Waals surface area contributed by atoms with Crippen molar-refractivity contribution in [1.82, 2.24) is 5.32 Å². The van der Waals surface area contributed by atoms with Crippen molar-refractivity contribution in [2.75, 3.05) is 6.54 Å². The van der Waals surface area contributed by atoms with Gasteiger partial charge in [-0.1, -0.05) is 31.3 Å². The zero-order valence-electron chi connectivity index (χ0n) is 12.0. The Morgan fingerprint density at radius 1 is 1.56 bits per heavy atom. The molecule has 0 aromatic rings. The fourth-order valence-electron chi connectivity index (χ4n) is 1.75. The topological polar surface area (TPSA) is 29.1 Å². The van der Waals surface area contributed by atoms with Crippen LogP contribution < -0.4 is 5.32 Å². The average Bonchev–Trinajstić information content (AvgIpc) is 2.27. The molecule has 1 amide bonds. The van der Waals surface area contributed by atoms with E-state index in [-0.39, 0.29) is 5.91 Å². The van der Waals surface area contributed by atoms with Crippen LogP contribution in [0.25, 0.3) is 0 Å². The summed E-state index contributed by atoms with van der Waals surface area (Å²) in [6.45, 7) is 15.3. The molecule has 1 unspecified atom stereocenters. The van der Waals surface area contributed by atoms with Gasteiger partial charge in [0.15, 0.2) is 0 Å². The molecule has 0 saturated carbocycles. The van der Waals surface area contributed by atoms with Gasteiger partial charge in [0.1, 0.15) is 0 Å². The molecule has 1 atom stereocenters. The monoisotopic (exact) mass is 281 g/mol. The summed E-state index contributed by atoms with van der Waals surface area (Å²) < 4.78 is 1.31. The Hall–Kier alpha value is -0.743. The first-order valence-corrected chi connectivity index (χ1v) is 10.6. The molecule has 1 heterocycles. The first-order chi connectivity index (χ1) is 8.27. The van der Waals surface area contributed by atoms with Gasteiger partial charge in [-0.2, -0.15) is 0 Å². The summed E-state index contributed by atoms with van der Waals surface area (Å²) in [5, 5.41) is 3.36. The second kappa shape index (κ2) is 5.93. The molecule has 100 valence electrons. The zero-order chi connectivity index (χ0) is 13.9. The molecule has 2 nitrogen and oxygen atoms in total. The number of thioether (sulfide) groups is 1.